The van der Waals surface area contributed by atoms with E-state index in [1.807, 2.05) is 62.4 Å². The van der Waals surface area contributed by atoms with Crippen LogP contribution in [0.15, 0.2) is 53.4 Å². The van der Waals surface area contributed by atoms with Crippen molar-refractivity contribution in [2.24, 2.45) is 5.92 Å². The van der Waals surface area contributed by atoms with Gasteiger partial charge in [-0.3, -0.25) is 9.59 Å². The maximum atomic E-state index is 12.7. The van der Waals surface area contributed by atoms with E-state index in [0.717, 1.165) is 53.9 Å². The van der Waals surface area contributed by atoms with Gasteiger partial charge in [-0.15, -0.1) is 11.8 Å². The number of rotatable bonds is 7. The van der Waals surface area contributed by atoms with Crippen LogP contribution in [0.1, 0.15) is 51.0 Å². The van der Waals surface area contributed by atoms with Crippen molar-refractivity contribution < 1.29 is 9.59 Å². The standard InChI is InChI=1S/C24H30N2O2S/c1-3-22(24(28)25-19-14-12-17(2)13-15-19)29-21-11-7-10-20(16-21)26-23(27)18-8-5-4-6-9-18/h7,10-16,18,22H,3-6,8-9H2,1-2H3,(H,25,28)(H,26,27). The predicted octanol–water partition coefficient (Wildman–Crippen LogP) is 6.02. The van der Waals surface area contributed by atoms with Crippen LogP contribution in [0.25, 0.3) is 0 Å². The Hall–Kier alpha value is -2.27. The highest BCUT2D eigenvalue weighted by atomic mass is 32.2. The molecule has 29 heavy (non-hydrogen) atoms. The highest BCUT2D eigenvalue weighted by Gasteiger charge is 2.22. The molecule has 0 radical (unpaired) electrons. The number of carbonyl (C=O) groups is 2. The molecule has 1 unspecified atom stereocenters. The third-order valence-corrected chi connectivity index (χ3v) is 6.70. The Morgan fingerprint density at radius 2 is 1.72 bits per heavy atom. The Morgan fingerprint density at radius 3 is 2.41 bits per heavy atom. The molecular weight excluding hydrogens is 380 g/mol. The highest BCUT2D eigenvalue weighted by Crippen LogP contribution is 2.30. The molecule has 1 atom stereocenters. The van der Waals surface area contributed by atoms with E-state index in [9.17, 15) is 9.59 Å². The van der Waals surface area contributed by atoms with Gasteiger partial charge in [-0.05, 0) is 56.5 Å². The zero-order chi connectivity index (χ0) is 20.6. The molecule has 0 aromatic heterocycles. The number of nitrogens with one attached hydrogen (secondary N) is 2. The van der Waals surface area contributed by atoms with Crippen molar-refractivity contribution in [1.82, 2.24) is 0 Å². The first kappa shape index (κ1) is 21.4. The van der Waals surface area contributed by atoms with E-state index in [0.29, 0.717) is 0 Å². The minimum atomic E-state index is -0.194. The molecule has 2 amide bonds. The Balaban J connectivity index is 1.60. The second-order valence-corrected chi connectivity index (χ2v) is 9.00. The van der Waals surface area contributed by atoms with Gasteiger partial charge in [0.25, 0.3) is 0 Å². The fourth-order valence-corrected chi connectivity index (χ4v) is 4.62. The normalized spacial score (nSPS) is 15.5. The molecular formula is C24H30N2O2S. The molecule has 0 spiro atoms. The summed E-state index contributed by atoms with van der Waals surface area (Å²) in [7, 11) is 0. The van der Waals surface area contributed by atoms with Crippen molar-refractivity contribution >= 4 is 35.0 Å². The SMILES string of the molecule is CCC(Sc1cccc(NC(=O)C2CCCCC2)c1)C(=O)Nc1ccc(C)cc1. The molecule has 2 aromatic carbocycles. The zero-order valence-corrected chi connectivity index (χ0v) is 18.1. The van der Waals surface area contributed by atoms with Crippen LogP contribution < -0.4 is 10.6 Å². The number of anilines is 2. The largest absolute Gasteiger partial charge is 0.326 e. The molecule has 1 fully saturated rings. The Morgan fingerprint density at radius 1 is 1.00 bits per heavy atom. The monoisotopic (exact) mass is 410 g/mol. The van der Waals surface area contributed by atoms with Crippen LogP contribution in [0.2, 0.25) is 0 Å². The molecule has 2 aromatic rings. The summed E-state index contributed by atoms with van der Waals surface area (Å²) in [5.74, 6) is 0.248. The summed E-state index contributed by atoms with van der Waals surface area (Å²) in [6.07, 6.45) is 6.21. The molecule has 1 saturated carbocycles. The van der Waals surface area contributed by atoms with Crippen LogP contribution in [0.3, 0.4) is 0 Å². The van der Waals surface area contributed by atoms with Gasteiger partial charge < -0.3 is 10.6 Å². The summed E-state index contributed by atoms with van der Waals surface area (Å²) in [5, 5.41) is 5.87. The van der Waals surface area contributed by atoms with E-state index < -0.39 is 0 Å². The van der Waals surface area contributed by atoms with Crippen LogP contribution in [0.4, 0.5) is 11.4 Å². The molecule has 0 heterocycles. The summed E-state index contributed by atoms with van der Waals surface area (Å²) in [5.41, 5.74) is 2.78. The van der Waals surface area contributed by atoms with Crippen molar-refractivity contribution in [2.75, 3.05) is 10.6 Å². The van der Waals surface area contributed by atoms with Gasteiger partial charge in [0, 0.05) is 22.2 Å². The number of amides is 2. The van der Waals surface area contributed by atoms with Crippen molar-refractivity contribution in [3.05, 3.63) is 54.1 Å². The van der Waals surface area contributed by atoms with Gasteiger partial charge in [-0.25, -0.2) is 0 Å². The van der Waals surface area contributed by atoms with Gasteiger partial charge in [0.15, 0.2) is 0 Å². The van der Waals surface area contributed by atoms with Crippen LogP contribution in [0.5, 0.6) is 0 Å². The van der Waals surface area contributed by atoms with Crippen molar-refractivity contribution in [1.29, 1.82) is 0 Å². The highest BCUT2D eigenvalue weighted by molar-refractivity contribution is 8.00. The van der Waals surface area contributed by atoms with Gasteiger partial charge in [0.1, 0.15) is 0 Å². The minimum Gasteiger partial charge on any atom is -0.326 e. The van der Waals surface area contributed by atoms with E-state index in [2.05, 4.69) is 10.6 Å². The topological polar surface area (TPSA) is 58.2 Å². The first-order valence-electron chi connectivity index (χ1n) is 10.5. The Labute approximate surface area is 177 Å². The van der Waals surface area contributed by atoms with Gasteiger partial charge in [-0.1, -0.05) is 49.9 Å². The number of hydrogen-bond acceptors (Lipinski definition) is 3. The molecule has 0 saturated heterocycles. The number of aryl methyl sites for hydroxylation is 1. The van der Waals surface area contributed by atoms with Crippen molar-refractivity contribution in [2.45, 2.75) is 62.5 Å². The van der Waals surface area contributed by atoms with Crippen LogP contribution in [0, 0.1) is 12.8 Å². The molecule has 1 aliphatic rings. The quantitative estimate of drug-likeness (QED) is 0.549. The average molecular weight is 411 g/mol. The molecule has 2 N–H and O–H groups in total. The van der Waals surface area contributed by atoms with Crippen LogP contribution >= 0.6 is 11.8 Å². The van der Waals surface area contributed by atoms with Crippen molar-refractivity contribution in [3.63, 3.8) is 0 Å². The summed E-state index contributed by atoms with van der Waals surface area (Å²) in [4.78, 5) is 26.2. The second kappa shape index (κ2) is 10.5. The smallest absolute Gasteiger partial charge is 0.237 e. The fourth-order valence-electron chi connectivity index (χ4n) is 3.60. The minimum absolute atomic E-state index is 0.00185. The van der Waals surface area contributed by atoms with E-state index in [-0.39, 0.29) is 23.0 Å². The predicted molar refractivity (Wildman–Crippen MR) is 121 cm³/mol. The van der Waals surface area contributed by atoms with Crippen LogP contribution in [-0.2, 0) is 9.59 Å². The lowest BCUT2D eigenvalue weighted by Crippen LogP contribution is -2.25. The molecule has 0 bridgehead atoms. The summed E-state index contributed by atoms with van der Waals surface area (Å²) < 4.78 is 0. The summed E-state index contributed by atoms with van der Waals surface area (Å²) in [6, 6.07) is 15.6. The number of hydrogen-bond donors (Lipinski definition) is 2. The zero-order valence-electron chi connectivity index (χ0n) is 17.2. The third kappa shape index (κ3) is 6.36. The first-order valence-corrected chi connectivity index (χ1v) is 11.4. The van der Waals surface area contributed by atoms with E-state index in [1.54, 1.807) is 0 Å². The molecule has 3 rings (SSSR count). The molecule has 5 heteroatoms. The summed E-state index contributed by atoms with van der Waals surface area (Å²) in [6.45, 7) is 4.04. The molecule has 154 valence electrons. The molecule has 0 aliphatic heterocycles. The third-order valence-electron chi connectivity index (χ3n) is 5.34. The average Bonchev–Trinajstić information content (AvgIpc) is 2.74. The lowest BCUT2D eigenvalue weighted by Gasteiger charge is -2.21. The van der Waals surface area contributed by atoms with E-state index in [1.165, 1.54) is 18.2 Å². The first-order chi connectivity index (χ1) is 14.0. The van der Waals surface area contributed by atoms with E-state index in [4.69, 9.17) is 0 Å². The maximum absolute atomic E-state index is 12.7. The number of thioether (sulfide) groups is 1. The number of benzene rings is 2. The van der Waals surface area contributed by atoms with Crippen LogP contribution in [-0.4, -0.2) is 17.1 Å². The molecule has 1 aliphatic carbocycles. The Kier molecular flexibility index (Phi) is 7.76. The van der Waals surface area contributed by atoms with Gasteiger partial charge in [-0.2, -0.15) is 0 Å². The van der Waals surface area contributed by atoms with Gasteiger partial charge >= 0.3 is 0 Å². The Bertz CT molecular complexity index is 829. The fraction of sp³-hybridized carbons (Fsp3) is 0.417. The van der Waals surface area contributed by atoms with Crippen molar-refractivity contribution in [3.8, 4) is 0 Å². The maximum Gasteiger partial charge on any atom is 0.237 e. The number of carbonyl (C=O) groups excluding carboxylic acids is 2. The van der Waals surface area contributed by atoms with Gasteiger partial charge in [0.05, 0.1) is 5.25 Å². The summed E-state index contributed by atoms with van der Waals surface area (Å²) >= 11 is 1.53. The van der Waals surface area contributed by atoms with Gasteiger partial charge in [0.2, 0.25) is 11.8 Å². The lowest BCUT2D eigenvalue weighted by atomic mass is 9.88. The van der Waals surface area contributed by atoms with E-state index >= 15 is 0 Å². The lowest BCUT2D eigenvalue weighted by molar-refractivity contribution is -0.120. The molecule has 4 nitrogen and oxygen atoms in total. The second-order valence-electron chi connectivity index (χ2n) is 7.72.